The van der Waals surface area contributed by atoms with Gasteiger partial charge in [-0.05, 0) is 29.8 Å². The highest BCUT2D eigenvalue weighted by Gasteiger charge is 2.17. The standard InChI is InChI=1S/C19H12ClF2N5/c1-23-19-16-14(26-18(27-19)15-9-24-6-7-25-15)5-3-11(17(16)22)10-2-4-12(20)13(21)8-10/h2-9H,1H3,(H,23,26,27). The molecule has 1 N–H and O–H groups in total. The van der Waals surface area contributed by atoms with Crippen molar-refractivity contribution in [2.75, 3.05) is 12.4 Å². The van der Waals surface area contributed by atoms with Gasteiger partial charge in [0.25, 0.3) is 0 Å². The fourth-order valence-corrected chi connectivity index (χ4v) is 2.90. The van der Waals surface area contributed by atoms with E-state index in [1.807, 2.05) is 0 Å². The third-order valence-corrected chi connectivity index (χ3v) is 4.37. The maximum absolute atomic E-state index is 15.3. The van der Waals surface area contributed by atoms with E-state index in [0.29, 0.717) is 28.4 Å². The molecule has 4 rings (SSSR count). The summed E-state index contributed by atoms with van der Waals surface area (Å²) in [4.78, 5) is 16.9. The zero-order valence-corrected chi connectivity index (χ0v) is 14.8. The van der Waals surface area contributed by atoms with Gasteiger partial charge in [0.15, 0.2) is 5.82 Å². The third kappa shape index (κ3) is 3.06. The van der Waals surface area contributed by atoms with E-state index in [4.69, 9.17) is 11.6 Å². The Morgan fingerprint density at radius 2 is 1.89 bits per heavy atom. The van der Waals surface area contributed by atoms with Crippen molar-refractivity contribution in [3.05, 3.63) is 65.6 Å². The molecule has 134 valence electrons. The quantitative estimate of drug-likeness (QED) is 0.554. The van der Waals surface area contributed by atoms with Crippen LogP contribution in [0.25, 0.3) is 33.5 Å². The van der Waals surface area contributed by atoms with Gasteiger partial charge in [-0.25, -0.2) is 23.7 Å². The Bertz CT molecular complexity index is 1150. The molecule has 2 aromatic carbocycles. The summed E-state index contributed by atoms with van der Waals surface area (Å²) in [6.07, 6.45) is 4.60. The first-order valence-electron chi connectivity index (χ1n) is 7.98. The molecule has 0 fully saturated rings. The van der Waals surface area contributed by atoms with Gasteiger partial charge >= 0.3 is 0 Å². The van der Waals surface area contributed by atoms with E-state index >= 15 is 4.39 Å². The second-order valence-corrected chi connectivity index (χ2v) is 6.09. The van der Waals surface area contributed by atoms with Gasteiger partial charge in [0.1, 0.15) is 23.1 Å². The molecule has 4 aromatic rings. The molecule has 0 unspecified atom stereocenters. The molecule has 8 heteroatoms. The third-order valence-electron chi connectivity index (χ3n) is 4.06. The van der Waals surface area contributed by atoms with E-state index in [-0.39, 0.29) is 16.0 Å². The number of aromatic nitrogens is 4. The molecule has 2 heterocycles. The second-order valence-electron chi connectivity index (χ2n) is 5.69. The van der Waals surface area contributed by atoms with Crippen molar-refractivity contribution >= 4 is 28.3 Å². The number of anilines is 1. The molecule has 2 aromatic heterocycles. The molecule has 0 amide bonds. The van der Waals surface area contributed by atoms with Crippen molar-refractivity contribution < 1.29 is 8.78 Å². The molecule has 27 heavy (non-hydrogen) atoms. The van der Waals surface area contributed by atoms with Gasteiger partial charge in [0, 0.05) is 25.0 Å². The van der Waals surface area contributed by atoms with Crippen LogP contribution >= 0.6 is 11.6 Å². The molecular weight excluding hydrogens is 372 g/mol. The van der Waals surface area contributed by atoms with E-state index in [0.717, 1.165) is 0 Å². The summed E-state index contributed by atoms with van der Waals surface area (Å²) in [7, 11) is 1.64. The van der Waals surface area contributed by atoms with Gasteiger partial charge in [-0.15, -0.1) is 0 Å². The second kappa shape index (κ2) is 6.85. The molecule has 5 nitrogen and oxygen atoms in total. The Hall–Kier alpha value is -3.19. The maximum atomic E-state index is 15.3. The Kier molecular flexibility index (Phi) is 4.37. The van der Waals surface area contributed by atoms with Crippen LogP contribution in [0, 0.1) is 11.6 Å². The van der Waals surface area contributed by atoms with Gasteiger partial charge in [0.05, 0.1) is 22.1 Å². The fraction of sp³-hybridized carbons (Fsp3) is 0.0526. The van der Waals surface area contributed by atoms with Crippen LogP contribution in [0.3, 0.4) is 0 Å². The predicted octanol–water partition coefficient (Wildman–Crippen LogP) is 4.73. The molecule has 0 saturated carbocycles. The van der Waals surface area contributed by atoms with Gasteiger partial charge < -0.3 is 5.32 Å². The van der Waals surface area contributed by atoms with Crippen LogP contribution in [0.4, 0.5) is 14.6 Å². The zero-order valence-electron chi connectivity index (χ0n) is 14.0. The topological polar surface area (TPSA) is 63.6 Å². The fourth-order valence-electron chi connectivity index (χ4n) is 2.78. The van der Waals surface area contributed by atoms with E-state index in [9.17, 15) is 4.39 Å². The van der Waals surface area contributed by atoms with E-state index < -0.39 is 11.6 Å². The largest absolute Gasteiger partial charge is 0.372 e. The van der Waals surface area contributed by atoms with Crippen LogP contribution < -0.4 is 5.32 Å². The van der Waals surface area contributed by atoms with Crippen molar-refractivity contribution in [3.8, 4) is 22.6 Å². The summed E-state index contributed by atoms with van der Waals surface area (Å²) in [5.74, 6) is -0.542. The molecule has 0 aliphatic heterocycles. The van der Waals surface area contributed by atoms with Gasteiger partial charge in [-0.3, -0.25) is 4.98 Å². The summed E-state index contributed by atoms with van der Waals surface area (Å²) in [6, 6.07) is 7.35. The molecule has 0 radical (unpaired) electrons. The summed E-state index contributed by atoms with van der Waals surface area (Å²) in [6.45, 7) is 0. The van der Waals surface area contributed by atoms with Crippen LogP contribution in [0.1, 0.15) is 0 Å². The highest BCUT2D eigenvalue weighted by Crippen LogP contribution is 2.33. The van der Waals surface area contributed by atoms with Crippen LogP contribution in [0.15, 0.2) is 48.9 Å². The van der Waals surface area contributed by atoms with Crippen molar-refractivity contribution in [1.82, 2.24) is 19.9 Å². The molecule has 0 aliphatic carbocycles. The number of rotatable bonds is 3. The zero-order chi connectivity index (χ0) is 19.0. The number of hydrogen-bond donors (Lipinski definition) is 1. The van der Waals surface area contributed by atoms with E-state index in [2.05, 4.69) is 25.3 Å². The smallest absolute Gasteiger partial charge is 0.182 e. The van der Waals surface area contributed by atoms with E-state index in [1.165, 1.54) is 24.5 Å². The Balaban J connectivity index is 1.94. The molecule has 0 spiro atoms. The minimum Gasteiger partial charge on any atom is -0.372 e. The lowest BCUT2D eigenvalue weighted by molar-refractivity contribution is 0.627. The lowest BCUT2D eigenvalue weighted by atomic mass is 10.0. The minimum atomic E-state index is -0.614. The van der Waals surface area contributed by atoms with Crippen LogP contribution in [0.5, 0.6) is 0 Å². The summed E-state index contributed by atoms with van der Waals surface area (Å²) in [5.41, 5.74) is 1.47. The van der Waals surface area contributed by atoms with E-state index in [1.54, 1.807) is 31.4 Å². The number of nitrogens with zero attached hydrogens (tertiary/aromatic N) is 4. The van der Waals surface area contributed by atoms with Crippen molar-refractivity contribution in [2.45, 2.75) is 0 Å². The number of nitrogens with one attached hydrogen (secondary N) is 1. The lowest BCUT2D eigenvalue weighted by Crippen LogP contribution is -2.02. The van der Waals surface area contributed by atoms with Gasteiger partial charge in [0.2, 0.25) is 0 Å². The van der Waals surface area contributed by atoms with Crippen LogP contribution in [-0.4, -0.2) is 27.0 Å². The highest BCUT2D eigenvalue weighted by atomic mass is 35.5. The number of fused-ring (bicyclic) bond motifs is 1. The maximum Gasteiger partial charge on any atom is 0.182 e. The molecule has 0 aliphatic rings. The predicted molar refractivity (Wildman–Crippen MR) is 100 cm³/mol. The Morgan fingerprint density at radius 1 is 1.04 bits per heavy atom. The van der Waals surface area contributed by atoms with Crippen LogP contribution in [-0.2, 0) is 0 Å². The number of benzene rings is 2. The average Bonchev–Trinajstić information content (AvgIpc) is 2.70. The van der Waals surface area contributed by atoms with Gasteiger partial charge in [-0.2, -0.15) is 0 Å². The minimum absolute atomic E-state index is 0.0205. The SMILES string of the molecule is CNc1nc(-c2cnccn2)nc2ccc(-c3ccc(Cl)c(F)c3)c(F)c12. The number of hydrogen-bond acceptors (Lipinski definition) is 5. The normalized spacial score (nSPS) is 11.0. The van der Waals surface area contributed by atoms with Crippen molar-refractivity contribution in [2.24, 2.45) is 0 Å². The molecular formula is C19H12ClF2N5. The first-order valence-corrected chi connectivity index (χ1v) is 8.36. The van der Waals surface area contributed by atoms with Crippen molar-refractivity contribution in [3.63, 3.8) is 0 Å². The number of halogens is 3. The van der Waals surface area contributed by atoms with Gasteiger partial charge in [-0.1, -0.05) is 17.7 Å². The Morgan fingerprint density at radius 3 is 2.59 bits per heavy atom. The molecule has 0 bridgehead atoms. The summed E-state index contributed by atoms with van der Waals surface area (Å²) >= 11 is 5.72. The summed E-state index contributed by atoms with van der Waals surface area (Å²) < 4.78 is 29.1. The molecule has 0 saturated heterocycles. The first kappa shape index (κ1) is 17.2. The van der Waals surface area contributed by atoms with Crippen LogP contribution in [0.2, 0.25) is 5.02 Å². The average molecular weight is 384 g/mol. The highest BCUT2D eigenvalue weighted by molar-refractivity contribution is 6.30. The monoisotopic (exact) mass is 383 g/mol. The molecule has 0 atom stereocenters. The Labute approximate surface area is 158 Å². The van der Waals surface area contributed by atoms with Crippen molar-refractivity contribution in [1.29, 1.82) is 0 Å². The lowest BCUT2D eigenvalue weighted by Gasteiger charge is -2.12. The summed E-state index contributed by atoms with van der Waals surface area (Å²) in [5, 5.41) is 3.07. The first-order chi connectivity index (χ1) is 13.1.